The summed E-state index contributed by atoms with van der Waals surface area (Å²) < 4.78 is 10.6. The van der Waals surface area contributed by atoms with Gasteiger partial charge in [0.05, 0.1) is 31.9 Å². The van der Waals surface area contributed by atoms with Gasteiger partial charge in [-0.2, -0.15) is 5.10 Å². The number of nitrogens with zero attached hydrogens (tertiary/aromatic N) is 1. The van der Waals surface area contributed by atoms with Gasteiger partial charge >= 0.3 is 5.97 Å². The molecule has 0 spiro atoms. The van der Waals surface area contributed by atoms with Crippen molar-refractivity contribution in [2.45, 2.75) is 6.42 Å². The summed E-state index contributed by atoms with van der Waals surface area (Å²) in [5.74, 6) is -0.491. The van der Waals surface area contributed by atoms with E-state index in [-0.39, 0.29) is 24.4 Å². The van der Waals surface area contributed by atoms with E-state index in [1.807, 2.05) is 0 Å². The lowest BCUT2D eigenvalue weighted by atomic mass is 10.1. The van der Waals surface area contributed by atoms with Crippen LogP contribution in [0.5, 0.6) is 5.75 Å². The Kier molecular flexibility index (Phi) is 7.37. The molecule has 0 radical (unpaired) electrons. The fourth-order valence-corrected chi connectivity index (χ4v) is 2.83. The van der Waals surface area contributed by atoms with Crippen LogP contribution < -0.4 is 15.5 Å². The van der Waals surface area contributed by atoms with Crippen LogP contribution in [0, 0.1) is 0 Å². The van der Waals surface area contributed by atoms with Crippen molar-refractivity contribution in [1.29, 1.82) is 0 Å². The summed E-state index contributed by atoms with van der Waals surface area (Å²) in [7, 11) is 1.56. The van der Waals surface area contributed by atoms with Gasteiger partial charge in [0.1, 0.15) is 17.3 Å². The van der Waals surface area contributed by atoms with Crippen molar-refractivity contribution in [1.82, 2.24) is 10.7 Å². The summed E-state index contributed by atoms with van der Waals surface area (Å²) in [6, 6.07) is 16.7. The van der Waals surface area contributed by atoms with E-state index in [0.29, 0.717) is 22.8 Å². The number of carbonyl (C=O) groups is 3. The quantitative estimate of drug-likeness (QED) is 0.350. The summed E-state index contributed by atoms with van der Waals surface area (Å²) in [6.07, 6.45) is 1.41. The fraction of sp³-hybridized carbons (Fsp3) is 0.130. The minimum atomic E-state index is -1.06. The Morgan fingerprint density at radius 1 is 1.03 bits per heavy atom. The molecule has 0 aliphatic rings. The van der Waals surface area contributed by atoms with E-state index < -0.39 is 11.9 Å². The molecule has 0 saturated carbocycles. The Labute approximate surface area is 183 Å². The lowest BCUT2D eigenvalue weighted by molar-refractivity contribution is -0.125. The number of carboxylic acids is 1. The van der Waals surface area contributed by atoms with Crippen molar-refractivity contribution < 1.29 is 28.6 Å². The number of nitrogens with one attached hydrogen (secondary N) is 2. The van der Waals surface area contributed by atoms with Gasteiger partial charge in [-0.1, -0.05) is 30.3 Å². The Balaban J connectivity index is 1.47. The number of methoxy groups -OCH3 is 1. The molecular formula is C23H21N3O6. The summed E-state index contributed by atoms with van der Waals surface area (Å²) in [5.41, 5.74) is 3.63. The van der Waals surface area contributed by atoms with Crippen molar-refractivity contribution in [3.63, 3.8) is 0 Å². The van der Waals surface area contributed by atoms with Gasteiger partial charge in [0.25, 0.3) is 5.91 Å². The second-order valence-electron chi connectivity index (χ2n) is 6.65. The third kappa shape index (κ3) is 6.05. The second kappa shape index (κ2) is 10.6. The van der Waals surface area contributed by atoms with Crippen LogP contribution in [-0.2, 0) is 16.0 Å². The normalized spacial score (nSPS) is 10.7. The largest absolute Gasteiger partial charge is 0.497 e. The van der Waals surface area contributed by atoms with E-state index in [2.05, 4.69) is 15.8 Å². The van der Waals surface area contributed by atoms with Gasteiger partial charge in [-0.3, -0.25) is 9.59 Å². The molecule has 0 fully saturated rings. The monoisotopic (exact) mass is 435 g/mol. The lowest BCUT2D eigenvalue weighted by Gasteiger charge is -2.05. The van der Waals surface area contributed by atoms with Gasteiger partial charge in [-0.25, -0.2) is 10.2 Å². The summed E-state index contributed by atoms with van der Waals surface area (Å²) in [5, 5.41) is 15.6. The van der Waals surface area contributed by atoms with E-state index >= 15 is 0 Å². The maximum atomic E-state index is 12.0. The van der Waals surface area contributed by atoms with Crippen LogP contribution in [0.2, 0.25) is 0 Å². The molecule has 0 atom stereocenters. The molecule has 0 unspecified atom stereocenters. The fourth-order valence-electron chi connectivity index (χ4n) is 2.83. The Bertz CT molecular complexity index is 1130. The number of rotatable bonds is 9. The van der Waals surface area contributed by atoms with E-state index in [1.54, 1.807) is 61.7 Å². The van der Waals surface area contributed by atoms with Gasteiger partial charge in [-0.15, -0.1) is 0 Å². The molecule has 0 aliphatic carbocycles. The molecule has 0 aliphatic heterocycles. The molecule has 3 rings (SSSR count). The predicted octanol–water partition coefficient (Wildman–Crippen LogP) is 2.46. The molecule has 0 saturated heterocycles. The minimum absolute atomic E-state index is 0.115. The first-order valence-corrected chi connectivity index (χ1v) is 9.60. The molecular weight excluding hydrogens is 414 g/mol. The van der Waals surface area contributed by atoms with Gasteiger partial charge in [0.15, 0.2) is 0 Å². The van der Waals surface area contributed by atoms with Crippen LogP contribution in [0.4, 0.5) is 0 Å². The highest BCUT2D eigenvalue weighted by Gasteiger charge is 2.13. The number of amides is 2. The van der Waals surface area contributed by atoms with Crippen LogP contribution in [0.15, 0.2) is 70.2 Å². The molecule has 1 aromatic heterocycles. The first-order chi connectivity index (χ1) is 15.5. The first-order valence-electron chi connectivity index (χ1n) is 9.60. The molecule has 9 heteroatoms. The number of hydrogen-bond donors (Lipinski definition) is 3. The SMILES string of the molecule is COc1ccc(CC(=O)NCC(=O)NN=Cc2ccc(-c3ccccc3C(=O)O)o2)cc1. The number of benzene rings is 2. The third-order valence-electron chi connectivity index (χ3n) is 4.40. The minimum Gasteiger partial charge on any atom is -0.497 e. The van der Waals surface area contributed by atoms with Crippen molar-refractivity contribution >= 4 is 24.0 Å². The second-order valence-corrected chi connectivity index (χ2v) is 6.65. The first kappa shape index (κ1) is 22.3. The number of ether oxygens (including phenoxy) is 1. The number of aromatic carboxylic acids is 1. The van der Waals surface area contributed by atoms with Gasteiger partial charge in [0, 0.05) is 5.56 Å². The summed E-state index contributed by atoms with van der Waals surface area (Å²) >= 11 is 0. The van der Waals surface area contributed by atoms with Gasteiger partial charge < -0.3 is 19.6 Å². The Morgan fingerprint density at radius 2 is 1.78 bits per heavy atom. The van der Waals surface area contributed by atoms with E-state index in [0.717, 1.165) is 5.56 Å². The van der Waals surface area contributed by atoms with Gasteiger partial charge in [0.2, 0.25) is 5.91 Å². The standard InChI is InChI=1S/C23H21N3O6/c1-31-16-8-6-15(7-9-16)12-21(27)24-14-22(28)26-25-13-17-10-11-20(32-17)18-4-2-3-5-19(18)23(29)30/h2-11,13H,12,14H2,1H3,(H,24,27)(H,26,28)(H,29,30). The molecule has 2 aromatic carbocycles. The van der Waals surface area contributed by atoms with E-state index in [1.165, 1.54) is 12.3 Å². The molecule has 164 valence electrons. The topological polar surface area (TPSA) is 130 Å². The van der Waals surface area contributed by atoms with E-state index in [4.69, 9.17) is 9.15 Å². The summed E-state index contributed by atoms with van der Waals surface area (Å²) in [6.45, 7) is -0.234. The van der Waals surface area contributed by atoms with Crippen LogP contribution in [0.1, 0.15) is 21.7 Å². The van der Waals surface area contributed by atoms with Crippen molar-refractivity contribution in [3.8, 4) is 17.1 Å². The van der Waals surface area contributed by atoms with Crippen LogP contribution >= 0.6 is 0 Å². The van der Waals surface area contributed by atoms with Gasteiger partial charge in [-0.05, 0) is 35.9 Å². The average molecular weight is 435 g/mol. The smallest absolute Gasteiger partial charge is 0.336 e. The number of hydrogen-bond acceptors (Lipinski definition) is 6. The zero-order valence-electron chi connectivity index (χ0n) is 17.2. The van der Waals surface area contributed by atoms with Crippen LogP contribution in [0.25, 0.3) is 11.3 Å². The number of furan rings is 1. The highest BCUT2D eigenvalue weighted by molar-refractivity contribution is 5.95. The highest BCUT2D eigenvalue weighted by atomic mass is 16.5. The lowest BCUT2D eigenvalue weighted by Crippen LogP contribution is -2.35. The average Bonchev–Trinajstić information content (AvgIpc) is 3.27. The zero-order chi connectivity index (χ0) is 22.9. The summed E-state index contributed by atoms with van der Waals surface area (Å²) in [4.78, 5) is 35.2. The van der Waals surface area contributed by atoms with Crippen molar-refractivity contribution in [2.24, 2.45) is 5.10 Å². The van der Waals surface area contributed by atoms with Crippen molar-refractivity contribution in [2.75, 3.05) is 13.7 Å². The predicted molar refractivity (Wildman–Crippen MR) is 117 cm³/mol. The molecule has 1 heterocycles. The molecule has 3 aromatic rings. The number of carbonyl (C=O) groups excluding carboxylic acids is 2. The Morgan fingerprint density at radius 3 is 2.50 bits per heavy atom. The Hall–Kier alpha value is -4.40. The molecule has 3 N–H and O–H groups in total. The zero-order valence-corrected chi connectivity index (χ0v) is 17.2. The number of hydrazone groups is 1. The van der Waals surface area contributed by atoms with Crippen molar-refractivity contribution in [3.05, 3.63) is 77.6 Å². The third-order valence-corrected chi connectivity index (χ3v) is 4.40. The number of carboxylic acid groups (broad SMARTS) is 1. The molecule has 9 nitrogen and oxygen atoms in total. The molecule has 32 heavy (non-hydrogen) atoms. The molecule has 2 amide bonds. The molecule has 0 bridgehead atoms. The van der Waals surface area contributed by atoms with E-state index in [9.17, 15) is 19.5 Å². The van der Waals surface area contributed by atoms with Crippen LogP contribution in [0.3, 0.4) is 0 Å². The highest BCUT2D eigenvalue weighted by Crippen LogP contribution is 2.25. The van der Waals surface area contributed by atoms with Crippen LogP contribution in [-0.4, -0.2) is 42.8 Å². The maximum Gasteiger partial charge on any atom is 0.336 e. The maximum absolute atomic E-state index is 12.0.